The molecule has 4 aromatic rings. The first-order valence-electron chi connectivity index (χ1n) is 11.6. The Labute approximate surface area is 224 Å². The van der Waals surface area contributed by atoms with Crippen molar-refractivity contribution in [2.45, 2.75) is 25.1 Å². The molecule has 5 rings (SSSR count). The molecule has 39 heavy (non-hydrogen) atoms. The Morgan fingerprint density at radius 2 is 1.92 bits per heavy atom. The number of aliphatic hydroxyl groups is 1. The van der Waals surface area contributed by atoms with Crippen LogP contribution >= 0.6 is 11.6 Å². The lowest BCUT2D eigenvalue weighted by atomic mass is 10.0. The van der Waals surface area contributed by atoms with Gasteiger partial charge < -0.3 is 20.5 Å². The number of rotatable bonds is 6. The van der Waals surface area contributed by atoms with Crippen molar-refractivity contribution in [1.82, 2.24) is 25.2 Å². The van der Waals surface area contributed by atoms with Gasteiger partial charge in [-0.3, -0.25) is 9.59 Å². The maximum absolute atomic E-state index is 14.4. The first-order valence-corrected chi connectivity index (χ1v) is 12.0. The third-order valence-electron chi connectivity index (χ3n) is 6.33. The fourth-order valence-corrected chi connectivity index (χ4v) is 4.61. The van der Waals surface area contributed by atoms with Crippen molar-refractivity contribution in [2.24, 2.45) is 0 Å². The average molecular weight is 556 g/mol. The number of aromatic nitrogens is 3. The van der Waals surface area contributed by atoms with E-state index in [-0.39, 0.29) is 35.0 Å². The SMILES string of the molecule is COC(=O)c1ccc2c(c1)C[C@@H](O)[C@@H]2NC(=O)c1cc(C(=O)NCc2ccc(F)c(Cl)c2)nc2c(F)cnn12. The second-order valence-corrected chi connectivity index (χ2v) is 9.22. The quantitative estimate of drug-likeness (QED) is 0.311. The number of methoxy groups -OCH3 is 1. The zero-order valence-corrected chi connectivity index (χ0v) is 21.0. The van der Waals surface area contributed by atoms with Crippen LogP contribution in [-0.4, -0.2) is 50.7 Å². The van der Waals surface area contributed by atoms with Crippen molar-refractivity contribution in [2.75, 3.05) is 7.11 Å². The molecule has 13 heteroatoms. The molecule has 0 saturated carbocycles. The second-order valence-electron chi connectivity index (χ2n) is 8.81. The third-order valence-corrected chi connectivity index (χ3v) is 6.62. The summed E-state index contributed by atoms with van der Waals surface area (Å²) in [4.78, 5) is 42.0. The summed E-state index contributed by atoms with van der Waals surface area (Å²) in [5.41, 5.74) is 1.23. The van der Waals surface area contributed by atoms with Gasteiger partial charge in [0.2, 0.25) is 0 Å². The topological polar surface area (TPSA) is 135 Å². The Morgan fingerprint density at radius 3 is 2.67 bits per heavy atom. The van der Waals surface area contributed by atoms with Gasteiger partial charge in [-0.2, -0.15) is 5.10 Å². The van der Waals surface area contributed by atoms with Gasteiger partial charge in [-0.05, 0) is 41.0 Å². The van der Waals surface area contributed by atoms with Crippen LogP contribution in [0, 0.1) is 11.6 Å². The molecule has 2 heterocycles. The minimum atomic E-state index is -1.01. The van der Waals surface area contributed by atoms with Crippen LogP contribution in [0.1, 0.15) is 54.1 Å². The number of carbonyl (C=O) groups is 3. The number of halogens is 3. The normalized spacial score (nSPS) is 16.1. The Morgan fingerprint density at radius 1 is 1.13 bits per heavy atom. The molecule has 2 amide bonds. The van der Waals surface area contributed by atoms with E-state index in [1.165, 1.54) is 25.3 Å². The summed E-state index contributed by atoms with van der Waals surface area (Å²) in [5.74, 6) is -3.48. The van der Waals surface area contributed by atoms with Crippen LogP contribution in [0.3, 0.4) is 0 Å². The minimum absolute atomic E-state index is 0.0341. The maximum atomic E-state index is 14.4. The predicted octanol–water partition coefficient (Wildman–Crippen LogP) is 2.77. The molecule has 10 nitrogen and oxygen atoms in total. The molecular weight excluding hydrogens is 536 g/mol. The first kappa shape index (κ1) is 26.2. The maximum Gasteiger partial charge on any atom is 0.337 e. The molecule has 2 aromatic heterocycles. The van der Waals surface area contributed by atoms with Crippen LogP contribution in [0.5, 0.6) is 0 Å². The zero-order chi connectivity index (χ0) is 27.8. The Hall–Kier alpha value is -4.42. The van der Waals surface area contributed by atoms with Gasteiger partial charge in [0, 0.05) is 19.0 Å². The molecular formula is C26H20ClF2N5O5. The van der Waals surface area contributed by atoms with E-state index in [1.54, 1.807) is 12.1 Å². The minimum Gasteiger partial charge on any atom is -0.465 e. The highest BCUT2D eigenvalue weighted by Gasteiger charge is 2.34. The molecule has 0 aliphatic heterocycles. The molecule has 3 N–H and O–H groups in total. The summed E-state index contributed by atoms with van der Waals surface area (Å²) in [7, 11) is 1.26. The first-order chi connectivity index (χ1) is 18.7. The molecule has 0 bridgehead atoms. The molecule has 0 unspecified atom stereocenters. The smallest absolute Gasteiger partial charge is 0.337 e. The van der Waals surface area contributed by atoms with Crippen LogP contribution in [0.4, 0.5) is 8.78 Å². The van der Waals surface area contributed by atoms with Crippen molar-refractivity contribution in [3.63, 3.8) is 0 Å². The van der Waals surface area contributed by atoms with Gasteiger partial charge in [0.1, 0.15) is 17.2 Å². The number of fused-ring (bicyclic) bond motifs is 2. The number of hydrogen-bond acceptors (Lipinski definition) is 7. The summed E-state index contributed by atoms with van der Waals surface area (Å²) in [6.07, 6.45) is 0.0257. The summed E-state index contributed by atoms with van der Waals surface area (Å²) in [6.45, 7) is -0.0341. The van der Waals surface area contributed by atoms with Crippen molar-refractivity contribution < 1.29 is 33.0 Å². The van der Waals surface area contributed by atoms with Gasteiger partial charge in [-0.1, -0.05) is 23.7 Å². The summed E-state index contributed by atoms with van der Waals surface area (Å²) < 4.78 is 33.5. The molecule has 0 radical (unpaired) electrons. The van der Waals surface area contributed by atoms with Crippen molar-refractivity contribution in [3.05, 3.63) is 99.0 Å². The number of nitrogens with zero attached hydrogens (tertiary/aromatic N) is 3. The molecule has 2 aromatic carbocycles. The Bertz CT molecular complexity index is 1640. The predicted molar refractivity (Wildman–Crippen MR) is 133 cm³/mol. The van der Waals surface area contributed by atoms with Gasteiger partial charge in [0.25, 0.3) is 11.8 Å². The van der Waals surface area contributed by atoms with Gasteiger partial charge >= 0.3 is 5.97 Å². The number of hydrogen-bond donors (Lipinski definition) is 3. The highest BCUT2D eigenvalue weighted by molar-refractivity contribution is 6.30. The Kier molecular flexibility index (Phi) is 6.98. The van der Waals surface area contributed by atoms with E-state index in [0.29, 0.717) is 22.3 Å². The van der Waals surface area contributed by atoms with Crippen LogP contribution in [0.2, 0.25) is 5.02 Å². The largest absolute Gasteiger partial charge is 0.465 e. The van der Waals surface area contributed by atoms with Crippen molar-refractivity contribution in [3.8, 4) is 0 Å². The van der Waals surface area contributed by atoms with Crippen LogP contribution in [0.25, 0.3) is 5.65 Å². The van der Waals surface area contributed by atoms with Crippen LogP contribution < -0.4 is 10.6 Å². The molecule has 1 aliphatic carbocycles. The van der Waals surface area contributed by atoms with Crippen LogP contribution in [-0.2, 0) is 17.7 Å². The molecule has 2 atom stereocenters. The standard InChI is InChI=1S/C26H20ClF2N5O5/c1-39-26(38)13-3-4-15-14(7-13)8-21(35)22(15)33-25(37)20-9-19(32-23-18(29)11-31-34(20)23)24(36)30-10-12-2-5-17(28)16(27)6-12/h2-7,9,11,21-22,35H,8,10H2,1H3,(H,30,36)(H,33,37)/t21-,22-/m1/s1. The highest BCUT2D eigenvalue weighted by atomic mass is 35.5. The molecule has 0 fully saturated rings. The van der Waals surface area contributed by atoms with E-state index in [1.807, 2.05) is 0 Å². The van der Waals surface area contributed by atoms with E-state index in [4.69, 9.17) is 16.3 Å². The molecule has 0 spiro atoms. The average Bonchev–Trinajstić information content (AvgIpc) is 3.46. The fourth-order valence-electron chi connectivity index (χ4n) is 4.41. The number of amides is 2. The third kappa shape index (κ3) is 5.03. The van der Waals surface area contributed by atoms with Crippen molar-refractivity contribution in [1.29, 1.82) is 0 Å². The number of carbonyl (C=O) groups excluding carboxylic acids is 3. The van der Waals surface area contributed by atoms with E-state index in [0.717, 1.165) is 22.8 Å². The monoisotopic (exact) mass is 555 g/mol. The summed E-state index contributed by atoms with van der Waals surface area (Å²) in [5, 5.41) is 19.7. The van der Waals surface area contributed by atoms with E-state index < -0.39 is 41.6 Å². The number of ether oxygens (including phenoxy) is 1. The van der Waals surface area contributed by atoms with Crippen LogP contribution in [0.15, 0.2) is 48.7 Å². The van der Waals surface area contributed by atoms with E-state index in [2.05, 4.69) is 20.7 Å². The summed E-state index contributed by atoms with van der Waals surface area (Å²) >= 11 is 5.78. The van der Waals surface area contributed by atoms with E-state index in [9.17, 15) is 28.3 Å². The molecule has 1 aliphatic rings. The fraction of sp³-hybridized carbons (Fsp3) is 0.192. The van der Waals surface area contributed by atoms with Crippen molar-refractivity contribution >= 4 is 35.0 Å². The van der Waals surface area contributed by atoms with E-state index >= 15 is 0 Å². The molecule has 200 valence electrons. The van der Waals surface area contributed by atoms with Gasteiger partial charge in [0.05, 0.1) is 36.0 Å². The lowest BCUT2D eigenvalue weighted by Gasteiger charge is -2.18. The molecule has 0 saturated heterocycles. The second kappa shape index (κ2) is 10.4. The van der Waals surface area contributed by atoms with Gasteiger partial charge in [0.15, 0.2) is 11.5 Å². The van der Waals surface area contributed by atoms with Gasteiger partial charge in [-0.15, -0.1) is 0 Å². The van der Waals surface area contributed by atoms with Gasteiger partial charge in [-0.25, -0.2) is 23.1 Å². The number of aliphatic hydroxyl groups excluding tert-OH is 1. The highest BCUT2D eigenvalue weighted by Crippen LogP contribution is 2.32. The number of benzene rings is 2. The lowest BCUT2D eigenvalue weighted by Crippen LogP contribution is -2.35. The zero-order valence-electron chi connectivity index (χ0n) is 20.2. The Balaban J connectivity index is 1.40. The lowest BCUT2D eigenvalue weighted by molar-refractivity contribution is 0.0600. The number of esters is 1. The summed E-state index contributed by atoms with van der Waals surface area (Å²) in [6, 6.07) is 8.96. The number of nitrogens with one attached hydrogen (secondary N) is 2.